The van der Waals surface area contributed by atoms with Crippen LogP contribution < -0.4 is 5.32 Å². The second-order valence-corrected chi connectivity index (χ2v) is 6.37. The number of oxime groups is 1. The van der Waals surface area contributed by atoms with Crippen LogP contribution in [0.4, 0.5) is 0 Å². The first-order chi connectivity index (χ1) is 11.3. The molecule has 0 saturated carbocycles. The number of rotatable bonds is 6. The Labute approximate surface area is 145 Å². The molecule has 0 aliphatic carbocycles. The van der Waals surface area contributed by atoms with Gasteiger partial charge in [-0.2, -0.15) is 0 Å². The SMILES string of the molecule is CON=C(C(=O)CCl)C(=O)NC1C(=O)N2C(C(=O)O)C(O)CS[C@H]12. The van der Waals surface area contributed by atoms with E-state index in [9.17, 15) is 24.3 Å². The summed E-state index contributed by atoms with van der Waals surface area (Å²) in [7, 11) is 1.14. The molecule has 2 fully saturated rings. The van der Waals surface area contributed by atoms with Crippen LogP contribution in [0.2, 0.25) is 0 Å². The third kappa shape index (κ3) is 3.19. The van der Waals surface area contributed by atoms with Gasteiger partial charge in [0.2, 0.25) is 17.4 Å². The number of aliphatic hydroxyl groups excluding tert-OH is 1. The number of aliphatic hydroxyl groups is 1. The van der Waals surface area contributed by atoms with E-state index in [0.717, 1.165) is 23.8 Å². The van der Waals surface area contributed by atoms with Crippen molar-refractivity contribution in [2.24, 2.45) is 5.16 Å². The van der Waals surface area contributed by atoms with Crippen LogP contribution >= 0.6 is 23.4 Å². The molecule has 132 valence electrons. The molecule has 0 radical (unpaired) electrons. The topological polar surface area (TPSA) is 146 Å². The number of halogens is 1. The van der Waals surface area contributed by atoms with Crippen LogP contribution in [0.15, 0.2) is 5.16 Å². The molecular formula is C12H14ClN3O7S. The molecule has 0 aromatic heterocycles. The molecule has 4 atom stereocenters. The van der Waals surface area contributed by atoms with E-state index in [4.69, 9.17) is 16.7 Å². The van der Waals surface area contributed by atoms with Crippen molar-refractivity contribution in [1.29, 1.82) is 0 Å². The highest BCUT2D eigenvalue weighted by Gasteiger charge is 2.58. The van der Waals surface area contributed by atoms with Crippen LogP contribution in [0.3, 0.4) is 0 Å². The molecule has 0 spiro atoms. The van der Waals surface area contributed by atoms with Crippen molar-refractivity contribution >= 4 is 52.6 Å². The zero-order valence-electron chi connectivity index (χ0n) is 12.3. The Bertz CT molecular complexity index is 613. The number of nitrogens with zero attached hydrogens (tertiary/aromatic N) is 2. The van der Waals surface area contributed by atoms with Gasteiger partial charge in [0, 0.05) is 5.75 Å². The van der Waals surface area contributed by atoms with Crippen molar-refractivity contribution in [3.8, 4) is 0 Å². The number of carboxylic acid groups (broad SMARTS) is 1. The van der Waals surface area contributed by atoms with Gasteiger partial charge in [-0.15, -0.1) is 23.4 Å². The number of thioether (sulfide) groups is 1. The zero-order chi connectivity index (χ0) is 18.0. The van der Waals surface area contributed by atoms with Gasteiger partial charge in [-0.05, 0) is 0 Å². The number of alkyl halides is 1. The number of Topliss-reactive ketones (excluding diaryl/α,β-unsaturated/α-hetero) is 1. The number of ketones is 1. The first kappa shape index (κ1) is 18.5. The summed E-state index contributed by atoms with van der Waals surface area (Å²) in [6.07, 6.45) is -1.20. The van der Waals surface area contributed by atoms with Crippen molar-refractivity contribution in [1.82, 2.24) is 10.2 Å². The molecule has 3 unspecified atom stereocenters. The number of nitrogens with one attached hydrogen (secondary N) is 1. The molecule has 2 heterocycles. The number of carbonyl (C=O) groups excluding carboxylic acids is 3. The molecule has 24 heavy (non-hydrogen) atoms. The molecule has 2 aliphatic heterocycles. The number of amides is 2. The monoisotopic (exact) mass is 379 g/mol. The molecule has 2 rings (SSSR count). The normalized spacial score (nSPS) is 29.4. The highest BCUT2D eigenvalue weighted by Crippen LogP contribution is 2.38. The first-order valence-electron chi connectivity index (χ1n) is 6.69. The predicted octanol–water partition coefficient (Wildman–Crippen LogP) is -1.99. The van der Waals surface area contributed by atoms with Crippen LogP contribution in [0.1, 0.15) is 0 Å². The largest absolute Gasteiger partial charge is 0.480 e. The van der Waals surface area contributed by atoms with Gasteiger partial charge in [-0.1, -0.05) is 5.16 Å². The van der Waals surface area contributed by atoms with E-state index < -0.39 is 58.7 Å². The smallest absolute Gasteiger partial charge is 0.329 e. The summed E-state index contributed by atoms with van der Waals surface area (Å²) in [5, 5.41) is 23.8. The number of aliphatic carboxylic acids is 1. The van der Waals surface area contributed by atoms with Crippen LogP contribution in [0, 0.1) is 0 Å². The quantitative estimate of drug-likeness (QED) is 0.158. The average Bonchev–Trinajstić information content (AvgIpc) is 2.55. The Kier molecular flexibility index (Phi) is 5.67. The highest BCUT2D eigenvalue weighted by molar-refractivity contribution is 8.00. The first-order valence-corrected chi connectivity index (χ1v) is 8.27. The Morgan fingerprint density at radius 1 is 1.50 bits per heavy atom. The van der Waals surface area contributed by atoms with Crippen LogP contribution in [0.25, 0.3) is 0 Å². The number of carboxylic acids is 1. The number of fused-ring (bicyclic) bond motifs is 1. The van der Waals surface area contributed by atoms with Gasteiger partial charge >= 0.3 is 5.97 Å². The fourth-order valence-electron chi connectivity index (χ4n) is 2.43. The third-order valence-corrected chi connectivity index (χ3v) is 5.12. The molecule has 3 N–H and O–H groups in total. The number of hydrogen-bond acceptors (Lipinski definition) is 8. The summed E-state index contributed by atoms with van der Waals surface area (Å²) in [5.41, 5.74) is -0.589. The molecule has 0 aromatic rings. The Morgan fingerprint density at radius 3 is 2.71 bits per heavy atom. The lowest BCUT2D eigenvalue weighted by molar-refractivity contribution is -0.167. The van der Waals surface area contributed by atoms with Crippen LogP contribution in [-0.4, -0.2) is 86.7 Å². The summed E-state index contributed by atoms with van der Waals surface area (Å²) in [4.78, 5) is 52.4. The fraction of sp³-hybridized carbons (Fsp3) is 0.583. The minimum atomic E-state index is -1.37. The van der Waals surface area contributed by atoms with E-state index in [1.807, 2.05) is 0 Å². The lowest BCUT2D eigenvalue weighted by Gasteiger charge is -2.53. The van der Waals surface area contributed by atoms with Gasteiger partial charge in [0.1, 0.15) is 18.5 Å². The van der Waals surface area contributed by atoms with Gasteiger partial charge < -0.3 is 25.3 Å². The minimum absolute atomic E-state index is 0.0947. The van der Waals surface area contributed by atoms with E-state index in [0.29, 0.717) is 0 Å². The fourth-order valence-corrected chi connectivity index (χ4v) is 3.91. The standard InChI is InChI=1S/C12H14ClN3O7S/c1-23-15-6(4(17)2-13)9(19)14-7-10(20)16-8(12(21)22)5(18)3-24-11(7)16/h5,7-8,11,18H,2-3H2,1H3,(H,14,19)(H,21,22)/t5?,7?,8?,11-/m1/s1. The van der Waals surface area contributed by atoms with Crippen molar-refractivity contribution in [3.63, 3.8) is 0 Å². The molecule has 2 saturated heterocycles. The Balaban J connectivity index is 2.11. The second kappa shape index (κ2) is 7.36. The zero-order valence-corrected chi connectivity index (χ0v) is 13.9. The van der Waals surface area contributed by atoms with E-state index in [1.54, 1.807) is 0 Å². The van der Waals surface area contributed by atoms with Gasteiger partial charge in [0.05, 0.1) is 12.0 Å². The van der Waals surface area contributed by atoms with Crippen molar-refractivity contribution < 1.29 is 34.2 Å². The molecule has 10 nitrogen and oxygen atoms in total. The molecule has 12 heteroatoms. The van der Waals surface area contributed by atoms with Crippen molar-refractivity contribution in [3.05, 3.63) is 0 Å². The van der Waals surface area contributed by atoms with Crippen LogP contribution in [-0.2, 0) is 24.0 Å². The minimum Gasteiger partial charge on any atom is -0.480 e. The summed E-state index contributed by atoms with van der Waals surface area (Å²) in [6, 6.07) is -2.39. The lowest BCUT2D eigenvalue weighted by Crippen LogP contribution is -2.77. The van der Waals surface area contributed by atoms with E-state index in [1.165, 1.54) is 0 Å². The van der Waals surface area contributed by atoms with E-state index in [2.05, 4.69) is 15.3 Å². The second-order valence-electron chi connectivity index (χ2n) is 4.95. The molecule has 2 amide bonds. The maximum Gasteiger partial charge on any atom is 0.329 e. The van der Waals surface area contributed by atoms with Crippen LogP contribution in [0.5, 0.6) is 0 Å². The number of hydrogen-bond donors (Lipinski definition) is 3. The van der Waals surface area contributed by atoms with Gasteiger partial charge in [-0.25, -0.2) is 4.79 Å². The maximum atomic E-state index is 12.2. The Morgan fingerprint density at radius 2 is 2.17 bits per heavy atom. The summed E-state index contributed by atoms with van der Waals surface area (Å²) < 4.78 is 0. The van der Waals surface area contributed by atoms with E-state index in [-0.39, 0.29) is 5.75 Å². The van der Waals surface area contributed by atoms with Crippen molar-refractivity contribution in [2.45, 2.75) is 23.6 Å². The number of β-lactam (4-membered cyclic amide) rings is 1. The predicted molar refractivity (Wildman–Crippen MR) is 82.6 cm³/mol. The highest BCUT2D eigenvalue weighted by atomic mass is 35.5. The molecule has 2 aliphatic rings. The summed E-state index contributed by atoms with van der Waals surface area (Å²) in [5.74, 6) is -4.12. The molecule has 0 aromatic carbocycles. The van der Waals surface area contributed by atoms with Gasteiger partial charge in [0.25, 0.3) is 5.91 Å². The maximum absolute atomic E-state index is 12.2. The number of carbonyl (C=O) groups is 4. The van der Waals surface area contributed by atoms with E-state index >= 15 is 0 Å². The van der Waals surface area contributed by atoms with Gasteiger partial charge in [0.15, 0.2) is 6.04 Å². The molecule has 0 bridgehead atoms. The summed E-state index contributed by atoms with van der Waals surface area (Å²) in [6.45, 7) is 0. The molecular weight excluding hydrogens is 366 g/mol. The average molecular weight is 380 g/mol. The van der Waals surface area contributed by atoms with Gasteiger partial charge in [-0.3, -0.25) is 14.4 Å². The van der Waals surface area contributed by atoms with Crippen molar-refractivity contribution in [2.75, 3.05) is 18.7 Å². The summed E-state index contributed by atoms with van der Waals surface area (Å²) >= 11 is 6.51. The third-order valence-electron chi connectivity index (χ3n) is 3.50. The lowest BCUT2D eigenvalue weighted by atomic mass is 9.99. The Hall–Kier alpha value is -1.85.